The molecule has 1 saturated heterocycles. The first kappa shape index (κ1) is 13.2. The number of hydrogen-bond donors (Lipinski definition) is 2. The van der Waals surface area contributed by atoms with Crippen molar-refractivity contribution in [3.8, 4) is 0 Å². The molecule has 0 aromatic rings. The number of hydrogen-bond acceptors (Lipinski definition) is 2. The van der Waals surface area contributed by atoms with Gasteiger partial charge < -0.3 is 15.3 Å². The minimum Gasteiger partial charge on any atom is -0.481 e. The van der Waals surface area contributed by atoms with E-state index < -0.39 is 11.9 Å². The van der Waals surface area contributed by atoms with Gasteiger partial charge in [-0.3, -0.25) is 4.79 Å². The fourth-order valence-corrected chi connectivity index (χ4v) is 2.82. The third kappa shape index (κ3) is 2.76. The number of carbonyl (C=O) groups excluding carboxylic acids is 1. The van der Waals surface area contributed by atoms with Crippen molar-refractivity contribution in [1.29, 1.82) is 0 Å². The Morgan fingerprint density at radius 1 is 1.39 bits per heavy atom. The summed E-state index contributed by atoms with van der Waals surface area (Å²) in [4.78, 5) is 24.6. The monoisotopic (exact) mass is 254 g/mol. The van der Waals surface area contributed by atoms with Crippen LogP contribution in [0.2, 0.25) is 0 Å². The van der Waals surface area contributed by atoms with Gasteiger partial charge >= 0.3 is 12.0 Å². The minimum atomic E-state index is -0.798. The van der Waals surface area contributed by atoms with E-state index in [-0.39, 0.29) is 11.9 Å². The molecule has 1 saturated carbocycles. The quantitative estimate of drug-likeness (QED) is 0.799. The Balaban J connectivity index is 1.79. The molecule has 0 radical (unpaired) electrons. The first-order chi connectivity index (χ1) is 8.52. The number of urea groups is 1. The highest BCUT2D eigenvalue weighted by molar-refractivity contribution is 5.78. The molecule has 102 valence electrons. The second-order valence-corrected chi connectivity index (χ2v) is 5.67. The van der Waals surface area contributed by atoms with Crippen LogP contribution >= 0.6 is 0 Å². The van der Waals surface area contributed by atoms with Gasteiger partial charge in [-0.15, -0.1) is 0 Å². The summed E-state index contributed by atoms with van der Waals surface area (Å²) in [5.74, 6) is -0.539. The maximum atomic E-state index is 12.0. The molecule has 18 heavy (non-hydrogen) atoms. The molecule has 2 fully saturated rings. The molecule has 2 N–H and O–H groups in total. The predicted octanol–water partition coefficient (Wildman–Crippen LogP) is 1.54. The third-order valence-electron chi connectivity index (χ3n) is 4.11. The Morgan fingerprint density at radius 2 is 2.11 bits per heavy atom. The maximum absolute atomic E-state index is 12.0. The summed E-state index contributed by atoms with van der Waals surface area (Å²) in [7, 11) is 0. The summed E-state index contributed by atoms with van der Waals surface area (Å²) in [6, 6.07) is 0.228. The van der Waals surface area contributed by atoms with Crippen molar-refractivity contribution in [1.82, 2.24) is 10.2 Å². The van der Waals surface area contributed by atoms with Crippen LogP contribution in [0.5, 0.6) is 0 Å². The molecular weight excluding hydrogens is 232 g/mol. The van der Waals surface area contributed by atoms with Crippen LogP contribution in [-0.2, 0) is 4.79 Å². The van der Waals surface area contributed by atoms with Crippen molar-refractivity contribution in [3.63, 3.8) is 0 Å². The minimum absolute atomic E-state index is 0.0406. The van der Waals surface area contributed by atoms with Gasteiger partial charge in [-0.2, -0.15) is 0 Å². The van der Waals surface area contributed by atoms with Gasteiger partial charge in [-0.25, -0.2) is 4.79 Å². The highest BCUT2D eigenvalue weighted by atomic mass is 16.4. The molecule has 1 heterocycles. The number of carbonyl (C=O) groups is 2. The van der Waals surface area contributed by atoms with Gasteiger partial charge in [0.25, 0.3) is 0 Å². The summed E-state index contributed by atoms with van der Waals surface area (Å²) in [6.07, 6.45) is 3.39. The fraction of sp³-hybridized carbons (Fsp3) is 0.846. The van der Waals surface area contributed by atoms with Crippen molar-refractivity contribution in [2.24, 2.45) is 17.8 Å². The zero-order valence-corrected chi connectivity index (χ0v) is 11.1. The average Bonchev–Trinajstić information content (AvgIpc) is 2.88. The van der Waals surface area contributed by atoms with Gasteiger partial charge in [0.15, 0.2) is 0 Å². The van der Waals surface area contributed by atoms with Gasteiger partial charge in [-0.05, 0) is 24.7 Å². The highest BCUT2D eigenvalue weighted by Gasteiger charge is 2.41. The van der Waals surface area contributed by atoms with E-state index in [4.69, 9.17) is 5.11 Å². The van der Waals surface area contributed by atoms with Gasteiger partial charge in [0, 0.05) is 19.1 Å². The molecule has 0 spiro atoms. The Morgan fingerprint density at radius 3 is 2.67 bits per heavy atom. The molecule has 5 nitrogen and oxygen atoms in total. The molecule has 0 aromatic carbocycles. The number of nitrogens with one attached hydrogen (secondary N) is 1. The van der Waals surface area contributed by atoms with Crippen molar-refractivity contribution < 1.29 is 14.7 Å². The molecule has 5 heteroatoms. The van der Waals surface area contributed by atoms with Gasteiger partial charge in [0.1, 0.15) is 0 Å². The molecule has 0 bridgehead atoms. The van der Waals surface area contributed by atoms with E-state index in [1.54, 1.807) is 4.90 Å². The SMILES string of the molecule is CCCC1CC1NC(=O)N1CC(C)C(C(=O)O)C1. The number of amides is 2. The molecule has 0 aromatic heterocycles. The Labute approximate surface area is 108 Å². The molecule has 4 atom stereocenters. The van der Waals surface area contributed by atoms with Crippen LogP contribution in [0, 0.1) is 17.8 Å². The second-order valence-electron chi connectivity index (χ2n) is 5.67. The van der Waals surface area contributed by atoms with Gasteiger partial charge in [-0.1, -0.05) is 20.3 Å². The topological polar surface area (TPSA) is 69.6 Å². The van der Waals surface area contributed by atoms with E-state index in [2.05, 4.69) is 12.2 Å². The van der Waals surface area contributed by atoms with E-state index in [1.165, 1.54) is 6.42 Å². The molecule has 1 aliphatic heterocycles. The lowest BCUT2D eigenvalue weighted by molar-refractivity contribution is -0.142. The average molecular weight is 254 g/mol. The lowest BCUT2D eigenvalue weighted by atomic mass is 9.99. The van der Waals surface area contributed by atoms with E-state index in [9.17, 15) is 9.59 Å². The van der Waals surface area contributed by atoms with Crippen LogP contribution in [0.1, 0.15) is 33.1 Å². The van der Waals surface area contributed by atoms with Crippen LogP contribution in [0.15, 0.2) is 0 Å². The van der Waals surface area contributed by atoms with Crippen LogP contribution < -0.4 is 5.32 Å². The van der Waals surface area contributed by atoms with Gasteiger partial charge in [0.2, 0.25) is 0 Å². The second kappa shape index (κ2) is 5.16. The first-order valence-corrected chi connectivity index (χ1v) is 6.81. The zero-order valence-electron chi connectivity index (χ0n) is 11.1. The van der Waals surface area contributed by atoms with E-state index >= 15 is 0 Å². The number of aliphatic carboxylic acids is 1. The van der Waals surface area contributed by atoms with E-state index in [0.717, 1.165) is 12.8 Å². The zero-order chi connectivity index (χ0) is 13.3. The van der Waals surface area contributed by atoms with Crippen molar-refractivity contribution in [2.45, 2.75) is 39.2 Å². The molecule has 2 amide bonds. The summed E-state index contributed by atoms with van der Waals surface area (Å²) in [5.41, 5.74) is 0. The van der Waals surface area contributed by atoms with Crippen LogP contribution in [0.4, 0.5) is 4.79 Å². The molecule has 2 rings (SSSR count). The summed E-state index contributed by atoms with van der Waals surface area (Å²) in [5, 5.41) is 12.0. The summed E-state index contributed by atoms with van der Waals surface area (Å²) < 4.78 is 0. The van der Waals surface area contributed by atoms with Gasteiger partial charge in [0.05, 0.1) is 5.92 Å². The third-order valence-corrected chi connectivity index (χ3v) is 4.11. The molecular formula is C13H22N2O3. The Kier molecular flexibility index (Phi) is 3.78. The maximum Gasteiger partial charge on any atom is 0.317 e. The summed E-state index contributed by atoms with van der Waals surface area (Å²) >= 11 is 0. The van der Waals surface area contributed by atoms with Crippen LogP contribution in [-0.4, -0.2) is 41.1 Å². The smallest absolute Gasteiger partial charge is 0.317 e. The lowest BCUT2D eigenvalue weighted by Gasteiger charge is -2.16. The number of carboxylic acid groups (broad SMARTS) is 1. The Hall–Kier alpha value is -1.26. The highest BCUT2D eigenvalue weighted by Crippen LogP contribution is 2.35. The lowest BCUT2D eigenvalue weighted by Crippen LogP contribution is -2.40. The van der Waals surface area contributed by atoms with Crippen LogP contribution in [0.3, 0.4) is 0 Å². The summed E-state index contributed by atoms with van der Waals surface area (Å²) in [6.45, 7) is 4.93. The largest absolute Gasteiger partial charge is 0.481 e. The normalized spacial score (nSPS) is 34.4. The number of carboxylic acids is 1. The number of likely N-dealkylation sites (tertiary alicyclic amines) is 1. The Bertz CT molecular complexity index is 345. The molecule has 4 unspecified atom stereocenters. The fourth-order valence-electron chi connectivity index (χ4n) is 2.82. The standard InChI is InChI=1S/C13H22N2O3/c1-3-4-9-5-11(9)14-13(18)15-6-8(2)10(7-15)12(16)17/h8-11H,3-7H2,1-2H3,(H,14,18)(H,16,17). The molecule has 2 aliphatic rings. The van der Waals surface area contributed by atoms with Crippen LogP contribution in [0.25, 0.3) is 0 Å². The number of nitrogens with zero attached hydrogens (tertiary/aromatic N) is 1. The van der Waals surface area contributed by atoms with Crippen molar-refractivity contribution in [3.05, 3.63) is 0 Å². The molecule has 1 aliphatic carbocycles. The van der Waals surface area contributed by atoms with Crippen molar-refractivity contribution in [2.75, 3.05) is 13.1 Å². The predicted molar refractivity (Wildman–Crippen MR) is 67.2 cm³/mol. The van der Waals surface area contributed by atoms with E-state index in [1.807, 2.05) is 6.92 Å². The van der Waals surface area contributed by atoms with E-state index in [0.29, 0.717) is 25.0 Å². The van der Waals surface area contributed by atoms with Crippen molar-refractivity contribution >= 4 is 12.0 Å². The first-order valence-electron chi connectivity index (χ1n) is 6.81. The number of rotatable bonds is 4.